The number of nitro groups is 1. The van der Waals surface area contributed by atoms with Gasteiger partial charge in [-0.15, -0.1) is 0 Å². The second-order valence-electron chi connectivity index (χ2n) is 5.65. The summed E-state index contributed by atoms with van der Waals surface area (Å²) in [6.45, 7) is 3.54. The van der Waals surface area contributed by atoms with Crippen molar-refractivity contribution in [2.24, 2.45) is 5.92 Å². The van der Waals surface area contributed by atoms with Gasteiger partial charge >= 0.3 is 0 Å². The lowest BCUT2D eigenvalue weighted by Gasteiger charge is -2.33. The van der Waals surface area contributed by atoms with Gasteiger partial charge < -0.3 is 14.4 Å². The average molecular weight is 309 g/mol. The van der Waals surface area contributed by atoms with Crippen molar-refractivity contribution in [1.29, 1.82) is 0 Å². The molecule has 0 spiro atoms. The van der Waals surface area contributed by atoms with Gasteiger partial charge in [-0.3, -0.25) is 10.1 Å². The van der Waals surface area contributed by atoms with E-state index in [0.717, 1.165) is 38.2 Å². The minimum absolute atomic E-state index is 0.0710. The summed E-state index contributed by atoms with van der Waals surface area (Å²) in [5.41, 5.74) is 0.720. The molecule has 7 heteroatoms. The Balaban J connectivity index is 1.94. The van der Waals surface area contributed by atoms with Crippen LogP contribution in [0.25, 0.3) is 0 Å². The molecule has 0 unspecified atom stereocenters. The number of pyridine rings is 1. The largest absolute Gasteiger partial charge is 0.357 e. The molecule has 0 radical (unpaired) electrons. The Morgan fingerprint density at radius 1 is 1.41 bits per heavy atom. The van der Waals surface area contributed by atoms with Crippen molar-refractivity contribution >= 4 is 11.5 Å². The SMILES string of the molecule is COC(CC1CCN(c2cc(C)c([N+](=O)[O-])cn2)CC1)OC. The zero-order valence-electron chi connectivity index (χ0n) is 13.3. The highest BCUT2D eigenvalue weighted by atomic mass is 16.7. The van der Waals surface area contributed by atoms with Crippen molar-refractivity contribution in [3.63, 3.8) is 0 Å². The van der Waals surface area contributed by atoms with E-state index in [1.165, 1.54) is 6.20 Å². The number of aryl methyl sites for hydroxylation is 1. The molecule has 1 aromatic rings. The first-order valence-electron chi connectivity index (χ1n) is 7.46. The Morgan fingerprint density at radius 2 is 2.05 bits per heavy atom. The second kappa shape index (κ2) is 7.51. The molecule has 1 saturated heterocycles. The molecule has 22 heavy (non-hydrogen) atoms. The monoisotopic (exact) mass is 309 g/mol. The molecule has 0 aliphatic carbocycles. The highest BCUT2D eigenvalue weighted by molar-refractivity contribution is 5.48. The van der Waals surface area contributed by atoms with Gasteiger partial charge in [0.1, 0.15) is 12.0 Å². The maximum absolute atomic E-state index is 10.8. The third-order valence-electron chi connectivity index (χ3n) is 4.26. The number of nitrogens with zero attached hydrogens (tertiary/aromatic N) is 3. The van der Waals surface area contributed by atoms with Crippen molar-refractivity contribution in [2.75, 3.05) is 32.2 Å². The van der Waals surface area contributed by atoms with Crippen LogP contribution in [0.5, 0.6) is 0 Å². The van der Waals surface area contributed by atoms with Crippen LogP contribution in [0.15, 0.2) is 12.3 Å². The van der Waals surface area contributed by atoms with Crippen molar-refractivity contribution in [3.8, 4) is 0 Å². The second-order valence-corrected chi connectivity index (χ2v) is 5.65. The fourth-order valence-corrected chi connectivity index (χ4v) is 2.86. The standard InChI is InChI=1S/C15H23N3O4/c1-11-8-14(16-10-13(11)18(19)20)17-6-4-12(5-7-17)9-15(21-2)22-3/h8,10,12,15H,4-7,9H2,1-3H3. The molecule has 1 aliphatic heterocycles. The van der Waals surface area contributed by atoms with Crippen LogP contribution in [0, 0.1) is 23.0 Å². The van der Waals surface area contributed by atoms with Crippen molar-refractivity contribution in [2.45, 2.75) is 32.5 Å². The van der Waals surface area contributed by atoms with E-state index in [-0.39, 0.29) is 12.0 Å². The third-order valence-corrected chi connectivity index (χ3v) is 4.26. The highest BCUT2D eigenvalue weighted by Gasteiger charge is 2.24. The van der Waals surface area contributed by atoms with Gasteiger partial charge in [0.05, 0.1) is 4.92 Å². The predicted molar refractivity (Wildman–Crippen MR) is 83.0 cm³/mol. The molecule has 0 aromatic carbocycles. The lowest BCUT2D eigenvalue weighted by Crippen LogP contribution is -2.35. The topological polar surface area (TPSA) is 77.7 Å². The third kappa shape index (κ3) is 3.92. The smallest absolute Gasteiger partial charge is 0.290 e. The Labute approximate surface area is 130 Å². The lowest BCUT2D eigenvalue weighted by molar-refractivity contribution is -0.385. The van der Waals surface area contributed by atoms with E-state index in [0.29, 0.717) is 11.5 Å². The minimum atomic E-state index is -0.395. The molecule has 2 heterocycles. The molecule has 122 valence electrons. The summed E-state index contributed by atoms with van der Waals surface area (Å²) in [7, 11) is 3.32. The number of methoxy groups -OCH3 is 2. The van der Waals surface area contributed by atoms with Crippen molar-refractivity contribution in [1.82, 2.24) is 4.98 Å². The van der Waals surface area contributed by atoms with Gasteiger partial charge in [0.25, 0.3) is 5.69 Å². The number of aromatic nitrogens is 1. The van der Waals surface area contributed by atoms with Crippen LogP contribution in [0.3, 0.4) is 0 Å². The number of piperidine rings is 1. The molecule has 0 bridgehead atoms. The predicted octanol–water partition coefficient (Wildman–Crippen LogP) is 2.52. The maximum Gasteiger partial charge on any atom is 0.290 e. The van der Waals surface area contributed by atoms with Gasteiger partial charge in [-0.05, 0) is 31.7 Å². The molecule has 0 saturated carbocycles. The lowest BCUT2D eigenvalue weighted by atomic mass is 9.93. The summed E-state index contributed by atoms with van der Waals surface area (Å²) in [6.07, 6.45) is 4.19. The van der Waals surface area contributed by atoms with Crippen molar-refractivity contribution in [3.05, 3.63) is 27.9 Å². The number of ether oxygens (including phenoxy) is 2. The Kier molecular flexibility index (Phi) is 5.68. The fraction of sp³-hybridized carbons (Fsp3) is 0.667. The summed E-state index contributed by atoms with van der Waals surface area (Å²) in [4.78, 5) is 16.9. The van der Waals surface area contributed by atoms with Gasteiger partial charge in [-0.2, -0.15) is 0 Å². The summed E-state index contributed by atoms with van der Waals surface area (Å²) in [5.74, 6) is 1.39. The maximum atomic E-state index is 10.8. The molecule has 1 fully saturated rings. The van der Waals surface area contributed by atoms with Crippen LogP contribution in [0.1, 0.15) is 24.8 Å². The Bertz CT molecular complexity index is 512. The quantitative estimate of drug-likeness (QED) is 0.456. The first-order chi connectivity index (χ1) is 10.5. The van der Waals surface area contributed by atoms with Crippen LogP contribution >= 0.6 is 0 Å². The zero-order chi connectivity index (χ0) is 16.1. The zero-order valence-corrected chi connectivity index (χ0v) is 13.3. The van der Waals surface area contributed by atoms with Crippen LogP contribution < -0.4 is 4.90 Å². The summed E-state index contributed by atoms with van der Waals surface area (Å²) >= 11 is 0. The van der Waals surface area contributed by atoms with E-state index in [1.54, 1.807) is 27.2 Å². The molecule has 1 aromatic heterocycles. The van der Waals surface area contributed by atoms with Crippen LogP contribution in [0.4, 0.5) is 11.5 Å². The molecule has 7 nitrogen and oxygen atoms in total. The molecule has 0 atom stereocenters. The van der Waals surface area contributed by atoms with Crippen molar-refractivity contribution < 1.29 is 14.4 Å². The van der Waals surface area contributed by atoms with Gasteiger partial charge in [0.2, 0.25) is 0 Å². The van der Waals surface area contributed by atoms with E-state index in [2.05, 4.69) is 9.88 Å². The fourth-order valence-electron chi connectivity index (χ4n) is 2.86. The summed E-state index contributed by atoms with van der Waals surface area (Å²) in [6, 6.07) is 1.80. The number of hydrogen-bond donors (Lipinski definition) is 0. The summed E-state index contributed by atoms with van der Waals surface area (Å²) in [5, 5.41) is 10.8. The molecule has 2 rings (SSSR count). The minimum Gasteiger partial charge on any atom is -0.357 e. The van der Waals surface area contributed by atoms with Crippen LogP contribution in [0.2, 0.25) is 0 Å². The van der Waals surface area contributed by atoms with Gasteiger partial charge in [-0.25, -0.2) is 4.98 Å². The van der Waals surface area contributed by atoms with Gasteiger partial charge in [0, 0.05) is 39.3 Å². The van der Waals surface area contributed by atoms with E-state index in [1.807, 2.05) is 0 Å². The van der Waals surface area contributed by atoms with E-state index in [9.17, 15) is 10.1 Å². The number of anilines is 1. The van der Waals surface area contributed by atoms with Crippen LogP contribution in [-0.2, 0) is 9.47 Å². The van der Waals surface area contributed by atoms with Gasteiger partial charge in [-0.1, -0.05) is 0 Å². The summed E-state index contributed by atoms with van der Waals surface area (Å²) < 4.78 is 10.5. The number of rotatable bonds is 6. The molecular weight excluding hydrogens is 286 g/mol. The average Bonchev–Trinajstić information content (AvgIpc) is 2.52. The molecular formula is C15H23N3O4. The van der Waals surface area contributed by atoms with E-state index in [4.69, 9.17) is 9.47 Å². The molecule has 1 aliphatic rings. The highest BCUT2D eigenvalue weighted by Crippen LogP contribution is 2.27. The van der Waals surface area contributed by atoms with E-state index < -0.39 is 4.92 Å². The van der Waals surface area contributed by atoms with Crippen LogP contribution in [-0.4, -0.2) is 43.5 Å². The first kappa shape index (κ1) is 16.6. The molecule has 0 N–H and O–H groups in total. The molecule has 0 amide bonds. The normalized spacial score (nSPS) is 16.3. The Morgan fingerprint density at radius 3 is 2.55 bits per heavy atom. The number of hydrogen-bond acceptors (Lipinski definition) is 6. The first-order valence-corrected chi connectivity index (χ1v) is 7.46. The Hall–Kier alpha value is -1.73. The van der Waals surface area contributed by atoms with Gasteiger partial charge in [0.15, 0.2) is 6.29 Å². The van der Waals surface area contributed by atoms with E-state index >= 15 is 0 Å².